The number of amides is 5. The van der Waals surface area contributed by atoms with Crippen LogP contribution in [0.3, 0.4) is 0 Å². The fourth-order valence-electron chi connectivity index (χ4n) is 8.19. The highest BCUT2D eigenvalue weighted by Gasteiger charge is 2.51. The van der Waals surface area contributed by atoms with E-state index in [2.05, 4.69) is 26.4 Å². The van der Waals surface area contributed by atoms with Crippen molar-refractivity contribution in [3.63, 3.8) is 0 Å². The zero-order valence-electron chi connectivity index (χ0n) is 30.5. The Morgan fingerprint density at radius 2 is 1.58 bits per heavy atom. The van der Waals surface area contributed by atoms with E-state index in [0.29, 0.717) is 25.0 Å². The van der Waals surface area contributed by atoms with Gasteiger partial charge in [-0.05, 0) is 74.7 Å². The third-order valence-electron chi connectivity index (χ3n) is 11.1. The largest absolute Gasteiger partial charge is 0.347 e. The van der Waals surface area contributed by atoms with Gasteiger partial charge in [-0.15, -0.1) is 0 Å². The summed E-state index contributed by atoms with van der Waals surface area (Å²) in [6.07, 6.45) is 12.7. The van der Waals surface area contributed by atoms with Gasteiger partial charge in [-0.25, -0.2) is 0 Å². The van der Waals surface area contributed by atoms with Gasteiger partial charge in [-0.3, -0.25) is 33.4 Å². The number of aryl methyl sites for hydroxylation is 1. The second kappa shape index (κ2) is 16.1. The highest BCUT2D eigenvalue weighted by Crippen LogP contribution is 2.41. The first-order valence-corrected chi connectivity index (χ1v) is 18.9. The number of Topliss-reactive ketones (excluding diaryl/α,β-unsaturated/α-hetero) is 1. The lowest BCUT2D eigenvalue weighted by Crippen LogP contribution is -2.63. The number of aromatic nitrogens is 2. The Morgan fingerprint density at radius 3 is 2.20 bits per heavy atom. The minimum Gasteiger partial charge on any atom is -0.347 e. The van der Waals surface area contributed by atoms with Crippen molar-refractivity contribution < 1.29 is 28.8 Å². The average Bonchev–Trinajstić information content (AvgIpc) is 3.65. The van der Waals surface area contributed by atoms with Gasteiger partial charge >= 0.3 is 0 Å². The van der Waals surface area contributed by atoms with Gasteiger partial charge in [0.1, 0.15) is 23.8 Å². The zero-order chi connectivity index (χ0) is 36.2. The number of hydrogen-bond donors (Lipinski definition) is 4. The third-order valence-corrected chi connectivity index (χ3v) is 11.1. The molecule has 3 aliphatic carbocycles. The average molecular weight is 696 g/mol. The molecule has 276 valence electrons. The quantitative estimate of drug-likeness (QED) is 0.230. The first kappa shape index (κ1) is 37.5. The Hall–Kier alpha value is -3.77. The molecule has 13 heteroatoms. The minimum atomic E-state index is -0.983. The molecule has 0 radical (unpaired) electrons. The lowest BCUT2D eigenvalue weighted by molar-refractivity contribution is -0.147. The van der Waals surface area contributed by atoms with Gasteiger partial charge < -0.3 is 26.2 Å². The standard InChI is InChI=1S/C37H57N7O6/c1-6-12-25(30(45)35(49)39-24-17-18-24)40-33(47)28-21-23-15-10-11-16-26(23)44(28)36(50)31(37(2,3)4)42-34(48)29(22-13-8-7-9-14-22)41-32(46)27-19-20-38-43(27)5/h19-20,22-26,28-29,31H,6-18,21H2,1-5H3,(H,39,49)(H,40,47)(H,41,46)(H,42,48)/t23?,25-,26?,28+,29-,31+/m0/s1. The number of carbonyl (C=O) groups is 6. The number of hydrogen-bond acceptors (Lipinski definition) is 7. The number of carbonyl (C=O) groups excluding carboxylic acids is 6. The Labute approximate surface area is 295 Å². The molecule has 5 amide bonds. The van der Waals surface area contributed by atoms with Crippen molar-refractivity contribution in [3.8, 4) is 0 Å². The molecule has 4 fully saturated rings. The van der Waals surface area contributed by atoms with Gasteiger partial charge in [0.15, 0.2) is 0 Å². The number of ketones is 1. The molecule has 6 atom stereocenters. The van der Waals surface area contributed by atoms with Crippen LogP contribution in [0.15, 0.2) is 12.3 Å². The summed E-state index contributed by atoms with van der Waals surface area (Å²) in [6, 6.07) is -2.21. The van der Waals surface area contributed by atoms with Crippen molar-refractivity contribution >= 4 is 35.3 Å². The predicted molar refractivity (Wildman–Crippen MR) is 186 cm³/mol. The fraction of sp³-hybridized carbons (Fsp3) is 0.757. The van der Waals surface area contributed by atoms with Crippen LogP contribution < -0.4 is 21.3 Å². The Balaban J connectivity index is 1.38. The highest BCUT2D eigenvalue weighted by atomic mass is 16.2. The SMILES string of the molecule is CCC[C@H](NC(=O)[C@H]1CC2CCCCC2N1C(=O)[C@@H](NC(=O)[C@@H](NC(=O)c1ccnn1C)C1CCCCC1)C(C)(C)C)C(=O)C(=O)NC1CC1. The summed E-state index contributed by atoms with van der Waals surface area (Å²) in [6.45, 7) is 7.55. The van der Waals surface area contributed by atoms with E-state index in [0.717, 1.165) is 70.6 Å². The molecular weight excluding hydrogens is 638 g/mol. The number of nitrogens with one attached hydrogen (secondary N) is 4. The molecule has 0 bridgehead atoms. The highest BCUT2D eigenvalue weighted by molar-refractivity contribution is 6.38. The molecule has 4 N–H and O–H groups in total. The van der Waals surface area contributed by atoms with Crippen LogP contribution in [-0.4, -0.2) is 86.3 Å². The van der Waals surface area contributed by atoms with Crippen LogP contribution in [0.1, 0.15) is 128 Å². The maximum Gasteiger partial charge on any atom is 0.289 e. The van der Waals surface area contributed by atoms with Crippen molar-refractivity contribution in [2.45, 2.75) is 154 Å². The van der Waals surface area contributed by atoms with Gasteiger partial charge in [-0.1, -0.05) is 66.2 Å². The van der Waals surface area contributed by atoms with E-state index in [9.17, 15) is 28.8 Å². The lowest BCUT2D eigenvalue weighted by Gasteiger charge is -2.40. The summed E-state index contributed by atoms with van der Waals surface area (Å²) in [5.74, 6) is -2.93. The van der Waals surface area contributed by atoms with E-state index in [-0.39, 0.29) is 29.8 Å². The summed E-state index contributed by atoms with van der Waals surface area (Å²) < 4.78 is 1.46. The number of nitrogens with zero attached hydrogens (tertiary/aromatic N) is 3. The molecule has 1 saturated heterocycles. The second-order valence-corrected chi connectivity index (χ2v) is 16.1. The normalized spacial score (nSPS) is 24.3. The first-order chi connectivity index (χ1) is 23.8. The maximum atomic E-state index is 14.8. The Bertz CT molecular complexity index is 1430. The van der Waals surface area contributed by atoms with Gasteiger partial charge in [0.25, 0.3) is 11.8 Å². The van der Waals surface area contributed by atoms with Crippen molar-refractivity contribution in [1.29, 1.82) is 0 Å². The van der Waals surface area contributed by atoms with Gasteiger partial charge in [0.2, 0.25) is 23.5 Å². The maximum absolute atomic E-state index is 14.8. The van der Waals surface area contributed by atoms with Crippen molar-refractivity contribution in [2.75, 3.05) is 0 Å². The molecule has 0 aromatic carbocycles. The van der Waals surface area contributed by atoms with E-state index >= 15 is 0 Å². The molecule has 0 spiro atoms. The molecule has 2 unspecified atom stereocenters. The fourth-order valence-corrected chi connectivity index (χ4v) is 8.19. The van der Waals surface area contributed by atoms with Crippen LogP contribution in [0.4, 0.5) is 0 Å². The van der Waals surface area contributed by atoms with E-state index in [4.69, 9.17) is 0 Å². The van der Waals surface area contributed by atoms with Gasteiger partial charge in [0, 0.05) is 25.3 Å². The van der Waals surface area contributed by atoms with Crippen molar-refractivity contribution in [3.05, 3.63) is 18.0 Å². The predicted octanol–water partition coefficient (Wildman–Crippen LogP) is 2.92. The van der Waals surface area contributed by atoms with Crippen LogP contribution >= 0.6 is 0 Å². The van der Waals surface area contributed by atoms with E-state index in [1.54, 1.807) is 18.0 Å². The van der Waals surface area contributed by atoms with Crippen LogP contribution in [0, 0.1) is 17.3 Å². The second-order valence-electron chi connectivity index (χ2n) is 16.1. The molecule has 2 heterocycles. The first-order valence-electron chi connectivity index (χ1n) is 18.9. The zero-order valence-corrected chi connectivity index (χ0v) is 30.5. The third kappa shape index (κ3) is 8.74. The van der Waals surface area contributed by atoms with Crippen molar-refractivity contribution in [1.82, 2.24) is 35.9 Å². The van der Waals surface area contributed by atoms with E-state index in [1.807, 2.05) is 27.7 Å². The van der Waals surface area contributed by atoms with Gasteiger partial charge in [0.05, 0.1) is 6.04 Å². The molecule has 5 rings (SSSR count). The van der Waals surface area contributed by atoms with Crippen molar-refractivity contribution in [2.24, 2.45) is 24.3 Å². The van der Waals surface area contributed by atoms with E-state index < -0.39 is 59.0 Å². The lowest BCUT2D eigenvalue weighted by atomic mass is 9.81. The summed E-state index contributed by atoms with van der Waals surface area (Å²) in [7, 11) is 1.67. The van der Waals surface area contributed by atoms with Crippen LogP contribution in [0.2, 0.25) is 0 Å². The van der Waals surface area contributed by atoms with Crippen LogP contribution in [-0.2, 0) is 31.0 Å². The molecule has 3 saturated carbocycles. The molecule has 13 nitrogen and oxygen atoms in total. The van der Waals surface area contributed by atoms with Gasteiger partial charge in [-0.2, -0.15) is 5.10 Å². The summed E-state index contributed by atoms with van der Waals surface area (Å²) >= 11 is 0. The summed E-state index contributed by atoms with van der Waals surface area (Å²) in [5, 5.41) is 15.7. The number of fused-ring (bicyclic) bond motifs is 1. The monoisotopic (exact) mass is 695 g/mol. The molecule has 4 aliphatic rings. The Kier molecular flexibility index (Phi) is 12.0. The molecule has 1 aliphatic heterocycles. The summed E-state index contributed by atoms with van der Waals surface area (Å²) in [5.41, 5.74) is -0.396. The summed E-state index contributed by atoms with van der Waals surface area (Å²) in [4.78, 5) is 84.0. The molecule has 1 aromatic rings. The topological polar surface area (TPSA) is 172 Å². The number of likely N-dealkylation sites (tertiary alicyclic amines) is 1. The van der Waals surface area contributed by atoms with Crippen LogP contribution in [0.5, 0.6) is 0 Å². The molecule has 50 heavy (non-hydrogen) atoms. The smallest absolute Gasteiger partial charge is 0.289 e. The molecule has 1 aromatic heterocycles. The van der Waals surface area contributed by atoms with E-state index in [1.165, 1.54) is 10.9 Å². The molecular formula is C37H57N7O6. The minimum absolute atomic E-state index is 0.0150. The van der Waals surface area contributed by atoms with Crippen LogP contribution in [0.25, 0.3) is 0 Å². The Morgan fingerprint density at radius 1 is 0.900 bits per heavy atom. The number of rotatable bonds is 13.